The summed E-state index contributed by atoms with van der Waals surface area (Å²) in [5, 5.41) is 17.7. The van der Waals surface area contributed by atoms with Gasteiger partial charge in [0.25, 0.3) is 0 Å². The zero-order chi connectivity index (χ0) is 14.4. The van der Waals surface area contributed by atoms with E-state index in [0.29, 0.717) is 12.2 Å². The Kier molecular flexibility index (Phi) is 4.33. The molecule has 1 heterocycles. The van der Waals surface area contributed by atoms with Gasteiger partial charge in [0.05, 0.1) is 12.1 Å². The summed E-state index contributed by atoms with van der Waals surface area (Å²) in [5.74, 6) is -0.977. The van der Waals surface area contributed by atoms with Gasteiger partial charge in [-0.15, -0.1) is 0 Å². The first kappa shape index (κ1) is 13.6. The first-order valence-corrected chi connectivity index (χ1v) is 5.88. The minimum absolute atomic E-state index is 0.212. The lowest BCUT2D eigenvalue weighted by atomic mass is 10.1. The van der Waals surface area contributed by atoms with Crippen molar-refractivity contribution >= 4 is 12.0 Å². The summed E-state index contributed by atoms with van der Waals surface area (Å²) in [6, 6.07) is 7.61. The van der Waals surface area contributed by atoms with Gasteiger partial charge in [0.2, 0.25) is 0 Å². The molecule has 0 bridgehead atoms. The van der Waals surface area contributed by atoms with Crippen LogP contribution in [0.15, 0.2) is 41.1 Å². The van der Waals surface area contributed by atoms with E-state index < -0.39 is 5.97 Å². The second-order valence-corrected chi connectivity index (χ2v) is 4.03. The van der Waals surface area contributed by atoms with Crippen molar-refractivity contribution in [3.05, 3.63) is 53.4 Å². The van der Waals surface area contributed by atoms with Gasteiger partial charge in [-0.1, -0.05) is 17.3 Å². The second-order valence-electron chi connectivity index (χ2n) is 4.03. The SMILES string of the molecule is O=C(NCc1ccc(C(=O)O)cc1)NCc1ccon1. The number of amides is 2. The number of benzene rings is 1. The summed E-state index contributed by atoms with van der Waals surface area (Å²) in [6.07, 6.45) is 1.43. The topological polar surface area (TPSA) is 104 Å². The zero-order valence-corrected chi connectivity index (χ0v) is 10.5. The van der Waals surface area contributed by atoms with Crippen molar-refractivity contribution in [3.63, 3.8) is 0 Å². The van der Waals surface area contributed by atoms with Crippen molar-refractivity contribution in [2.75, 3.05) is 0 Å². The monoisotopic (exact) mass is 275 g/mol. The van der Waals surface area contributed by atoms with E-state index in [2.05, 4.69) is 20.3 Å². The molecule has 0 aliphatic rings. The van der Waals surface area contributed by atoms with Gasteiger partial charge in [-0.25, -0.2) is 9.59 Å². The Morgan fingerprint density at radius 2 is 1.80 bits per heavy atom. The third-order valence-corrected chi connectivity index (χ3v) is 2.58. The summed E-state index contributed by atoms with van der Waals surface area (Å²) in [6.45, 7) is 0.588. The van der Waals surface area contributed by atoms with Crippen molar-refractivity contribution in [2.24, 2.45) is 0 Å². The Balaban J connectivity index is 1.76. The zero-order valence-electron chi connectivity index (χ0n) is 10.5. The number of rotatable bonds is 5. The average Bonchev–Trinajstić information content (AvgIpc) is 2.96. The molecule has 0 saturated carbocycles. The molecular formula is C13H13N3O4. The molecule has 0 aliphatic carbocycles. The van der Waals surface area contributed by atoms with Crippen LogP contribution in [-0.4, -0.2) is 22.3 Å². The summed E-state index contributed by atoms with van der Waals surface area (Å²) in [4.78, 5) is 22.2. The number of carbonyl (C=O) groups is 2. The van der Waals surface area contributed by atoms with E-state index in [4.69, 9.17) is 5.11 Å². The highest BCUT2D eigenvalue weighted by molar-refractivity contribution is 5.87. The molecule has 2 rings (SSSR count). The third kappa shape index (κ3) is 3.84. The number of hydrogen-bond donors (Lipinski definition) is 3. The molecule has 0 aliphatic heterocycles. The van der Waals surface area contributed by atoms with Crippen molar-refractivity contribution < 1.29 is 19.2 Å². The maximum Gasteiger partial charge on any atom is 0.335 e. The van der Waals surface area contributed by atoms with E-state index in [1.54, 1.807) is 18.2 Å². The van der Waals surface area contributed by atoms with Crippen LogP contribution in [0.1, 0.15) is 21.6 Å². The standard InChI is InChI=1S/C13H13N3O4/c17-12(18)10-3-1-9(2-4-10)7-14-13(19)15-8-11-5-6-20-16-11/h1-6H,7-8H2,(H,17,18)(H2,14,15,19). The lowest BCUT2D eigenvalue weighted by molar-refractivity contribution is 0.0697. The highest BCUT2D eigenvalue weighted by Gasteiger charge is 2.04. The number of carbonyl (C=O) groups excluding carboxylic acids is 1. The molecule has 0 fully saturated rings. The molecule has 0 unspecified atom stereocenters. The molecule has 20 heavy (non-hydrogen) atoms. The molecule has 7 nitrogen and oxygen atoms in total. The van der Waals surface area contributed by atoms with E-state index in [1.165, 1.54) is 18.4 Å². The van der Waals surface area contributed by atoms with Gasteiger partial charge >= 0.3 is 12.0 Å². The fourth-order valence-electron chi connectivity index (χ4n) is 1.51. The van der Waals surface area contributed by atoms with Crippen LogP contribution in [0.4, 0.5) is 4.79 Å². The molecular weight excluding hydrogens is 262 g/mol. The van der Waals surface area contributed by atoms with Crippen LogP contribution >= 0.6 is 0 Å². The Morgan fingerprint density at radius 3 is 2.40 bits per heavy atom. The molecule has 104 valence electrons. The van der Waals surface area contributed by atoms with Crippen molar-refractivity contribution in [3.8, 4) is 0 Å². The predicted molar refractivity (Wildman–Crippen MR) is 69.0 cm³/mol. The van der Waals surface area contributed by atoms with Crippen molar-refractivity contribution in [1.29, 1.82) is 0 Å². The lowest BCUT2D eigenvalue weighted by Gasteiger charge is -2.06. The largest absolute Gasteiger partial charge is 0.478 e. The second kappa shape index (κ2) is 6.37. The average molecular weight is 275 g/mol. The smallest absolute Gasteiger partial charge is 0.335 e. The van der Waals surface area contributed by atoms with Crippen molar-refractivity contribution in [1.82, 2.24) is 15.8 Å². The Bertz CT molecular complexity index is 578. The van der Waals surface area contributed by atoms with Gasteiger partial charge < -0.3 is 20.3 Å². The highest BCUT2D eigenvalue weighted by atomic mass is 16.5. The summed E-state index contributed by atoms with van der Waals surface area (Å²) in [7, 11) is 0. The predicted octanol–water partition coefficient (Wildman–Crippen LogP) is 1.37. The quantitative estimate of drug-likeness (QED) is 0.764. The lowest BCUT2D eigenvalue weighted by Crippen LogP contribution is -2.34. The van der Waals surface area contributed by atoms with Gasteiger partial charge in [-0.3, -0.25) is 0 Å². The van der Waals surface area contributed by atoms with E-state index >= 15 is 0 Å². The number of carboxylic acid groups (broad SMARTS) is 1. The van der Waals surface area contributed by atoms with Crippen molar-refractivity contribution in [2.45, 2.75) is 13.1 Å². The number of nitrogens with one attached hydrogen (secondary N) is 2. The van der Waals surface area contributed by atoms with Crippen LogP contribution in [0.25, 0.3) is 0 Å². The number of nitrogens with zero attached hydrogens (tertiary/aromatic N) is 1. The molecule has 1 aromatic carbocycles. The number of urea groups is 1. The van der Waals surface area contributed by atoms with E-state index in [0.717, 1.165) is 5.56 Å². The molecule has 0 saturated heterocycles. The van der Waals surface area contributed by atoms with Crippen LogP contribution in [0.3, 0.4) is 0 Å². The third-order valence-electron chi connectivity index (χ3n) is 2.58. The maximum absolute atomic E-state index is 11.5. The molecule has 2 aromatic rings. The fourth-order valence-corrected chi connectivity index (χ4v) is 1.51. The van der Waals surface area contributed by atoms with Crippen LogP contribution < -0.4 is 10.6 Å². The Hall–Kier alpha value is -2.83. The van der Waals surface area contributed by atoms with Gasteiger partial charge in [0, 0.05) is 12.6 Å². The van der Waals surface area contributed by atoms with E-state index in [-0.39, 0.29) is 18.1 Å². The number of hydrogen-bond acceptors (Lipinski definition) is 4. The molecule has 3 N–H and O–H groups in total. The normalized spacial score (nSPS) is 10.0. The summed E-state index contributed by atoms with van der Waals surface area (Å²) in [5.41, 5.74) is 1.65. The van der Waals surface area contributed by atoms with E-state index in [1.807, 2.05) is 0 Å². The van der Waals surface area contributed by atoms with E-state index in [9.17, 15) is 9.59 Å². The molecule has 1 aromatic heterocycles. The van der Waals surface area contributed by atoms with Gasteiger partial charge in [-0.2, -0.15) is 0 Å². The molecule has 7 heteroatoms. The summed E-state index contributed by atoms with van der Waals surface area (Å²) < 4.78 is 4.64. The molecule has 0 radical (unpaired) electrons. The molecule has 0 atom stereocenters. The molecule has 2 amide bonds. The molecule has 0 spiro atoms. The van der Waals surface area contributed by atoms with Gasteiger partial charge in [0.1, 0.15) is 12.0 Å². The summed E-state index contributed by atoms with van der Waals surface area (Å²) >= 11 is 0. The number of aromatic nitrogens is 1. The number of carboxylic acids is 1. The van der Waals surface area contributed by atoms with Crippen LogP contribution in [0.2, 0.25) is 0 Å². The Labute approximate surface area is 114 Å². The van der Waals surface area contributed by atoms with Gasteiger partial charge in [0.15, 0.2) is 0 Å². The van der Waals surface area contributed by atoms with Crippen LogP contribution in [0, 0.1) is 0 Å². The van der Waals surface area contributed by atoms with Crippen LogP contribution in [0.5, 0.6) is 0 Å². The highest BCUT2D eigenvalue weighted by Crippen LogP contribution is 2.04. The van der Waals surface area contributed by atoms with Crippen LogP contribution in [-0.2, 0) is 13.1 Å². The first-order chi connectivity index (χ1) is 9.65. The van der Waals surface area contributed by atoms with Gasteiger partial charge in [-0.05, 0) is 17.7 Å². The number of aromatic carboxylic acids is 1. The fraction of sp³-hybridized carbons (Fsp3) is 0.154. The first-order valence-electron chi connectivity index (χ1n) is 5.88. The Morgan fingerprint density at radius 1 is 1.10 bits per heavy atom. The maximum atomic E-state index is 11.5. The minimum atomic E-state index is -0.977. The minimum Gasteiger partial charge on any atom is -0.478 e.